The van der Waals surface area contributed by atoms with E-state index in [0.29, 0.717) is 29.6 Å². The van der Waals surface area contributed by atoms with E-state index in [9.17, 15) is 5.11 Å². The van der Waals surface area contributed by atoms with Crippen molar-refractivity contribution in [3.8, 4) is 17.6 Å². The van der Waals surface area contributed by atoms with Crippen molar-refractivity contribution >= 4 is 0 Å². The van der Waals surface area contributed by atoms with Gasteiger partial charge in [0, 0.05) is 18.7 Å². The second kappa shape index (κ2) is 6.12. The van der Waals surface area contributed by atoms with E-state index < -0.39 is 5.60 Å². The molecule has 0 radical (unpaired) electrons. The van der Waals surface area contributed by atoms with Gasteiger partial charge in [-0.25, -0.2) is 0 Å². The highest BCUT2D eigenvalue weighted by atomic mass is 16.5. The van der Waals surface area contributed by atoms with E-state index in [0.717, 1.165) is 0 Å². The van der Waals surface area contributed by atoms with Crippen LogP contribution in [-0.2, 0) is 0 Å². The second-order valence-corrected chi connectivity index (χ2v) is 5.45. The van der Waals surface area contributed by atoms with Gasteiger partial charge in [0.2, 0.25) is 0 Å². The summed E-state index contributed by atoms with van der Waals surface area (Å²) in [5, 5.41) is 22.4. The summed E-state index contributed by atoms with van der Waals surface area (Å²) in [7, 11) is 1.54. The molecule has 1 aliphatic carbocycles. The average molecular weight is 276 g/mol. The number of aliphatic hydroxyl groups is 1. The Hall–Kier alpha value is -1.77. The van der Waals surface area contributed by atoms with Crippen molar-refractivity contribution in [3.63, 3.8) is 0 Å². The number of nitriles is 1. The van der Waals surface area contributed by atoms with Crippen molar-refractivity contribution in [2.24, 2.45) is 0 Å². The number of methoxy groups -OCH3 is 1. The van der Waals surface area contributed by atoms with Crippen LogP contribution < -0.4 is 14.8 Å². The van der Waals surface area contributed by atoms with E-state index in [2.05, 4.69) is 11.4 Å². The van der Waals surface area contributed by atoms with Gasteiger partial charge in [-0.1, -0.05) is 0 Å². The largest absolute Gasteiger partial charge is 0.497 e. The summed E-state index contributed by atoms with van der Waals surface area (Å²) in [6.07, 6.45) is 2.36. The maximum absolute atomic E-state index is 10.2. The van der Waals surface area contributed by atoms with Crippen LogP contribution >= 0.6 is 0 Å². The molecule has 1 atom stereocenters. The lowest BCUT2D eigenvalue weighted by Crippen LogP contribution is -2.43. The number of hydrogen-bond acceptors (Lipinski definition) is 5. The van der Waals surface area contributed by atoms with Crippen LogP contribution in [0.15, 0.2) is 18.2 Å². The van der Waals surface area contributed by atoms with Crippen LogP contribution in [0.2, 0.25) is 0 Å². The minimum absolute atomic E-state index is 0.157. The van der Waals surface area contributed by atoms with Gasteiger partial charge in [-0.2, -0.15) is 5.26 Å². The van der Waals surface area contributed by atoms with Gasteiger partial charge in [-0.15, -0.1) is 0 Å². The molecule has 1 fully saturated rings. The Morgan fingerprint density at radius 1 is 1.40 bits per heavy atom. The van der Waals surface area contributed by atoms with Gasteiger partial charge < -0.3 is 19.9 Å². The SMILES string of the molecule is COc1cc(C#N)cc(OCC(C)(O)CNC2CC2)c1. The van der Waals surface area contributed by atoms with E-state index in [1.54, 1.807) is 25.1 Å². The minimum Gasteiger partial charge on any atom is -0.497 e. The maximum atomic E-state index is 10.2. The first-order valence-electron chi connectivity index (χ1n) is 6.70. The molecule has 0 bridgehead atoms. The molecule has 0 amide bonds. The van der Waals surface area contributed by atoms with Crippen LogP contribution in [0.4, 0.5) is 0 Å². The fraction of sp³-hybridized carbons (Fsp3) is 0.533. The predicted molar refractivity (Wildman–Crippen MR) is 74.9 cm³/mol. The Kier molecular flexibility index (Phi) is 4.48. The molecule has 20 heavy (non-hydrogen) atoms. The van der Waals surface area contributed by atoms with Gasteiger partial charge in [-0.3, -0.25) is 0 Å². The summed E-state index contributed by atoms with van der Waals surface area (Å²) in [6, 6.07) is 7.57. The standard InChI is InChI=1S/C15H20N2O3/c1-15(18,9-17-12-3-4-12)10-20-14-6-11(8-16)5-13(7-14)19-2/h5-7,12,17-18H,3-4,9-10H2,1-2H3. The van der Waals surface area contributed by atoms with Crippen molar-refractivity contribution in [3.05, 3.63) is 23.8 Å². The predicted octanol–water partition coefficient (Wildman–Crippen LogP) is 1.45. The van der Waals surface area contributed by atoms with Crippen LogP contribution in [0.1, 0.15) is 25.3 Å². The number of benzene rings is 1. The van der Waals surface area contributed by atoms with Gasteiger partial charge in [0.25, 0.3) is 0 Å². The van der Waals surface area contributed by atoms with Gasteiger partial charge >= 0.3 is 0 Å². The van der Waals surface area contributed by atoms with E-state index in [1.165, 1.54) is 20.0 Å². The highest BCUT2D eigenvalue weighted by Gasteiger charge is 2.27. The molecule has 2 rings (SSSR count). The molecule has 1 aromatic rings. The average Bonchev–Trinajstić information content (AvgIpc) is 3.27. The molecule has 108 valence electrons. The van der Waals surface area contributed by atoms with Crippen LogP contribution in [0.3, 0.4) is 0 Å². The Labute approximate surface area is 119 Å². The topological polar surface area (TPSA) is 74.5 Å². The van der Waals surface area contributed by atoms with Crippen LogP contribution in [0, 0.1) is 11.3 Å². The lowest BCUT2D eigenvalue weighted by atomic mass is 10.1. The number of ether oxygens (including phenoxy) is 2. The number of nitrogens with one attached hydrogen (secondary N) is 1. The van der Waals surface area contributed by atoms with Gasteiger partial charge in [0.05, 0.1) is 18.7 Å². The highest BCUT2D eigenvalue weighted by Crippen LogP contribution is 2.23. The first kappa shape index (κ1) is 14.6. The summed E-state index contributed by atoms with van der Waals surface area (Å²) < 4.78 is 10.7. The van der Waals surface area contributed by atoms with Gasteiger partial charge in [0.15, 0.2) is 0 Å². The fourth-order valence-corrected chi connectivity index (χ4v) is 1.78. The summed E-state index contributed by atoms with van der Waals surface area (Å²) in [5.41, 5.74) is -0.478. The Morgan fingerprint density at radius 2 is 2.10 bits per heavy atom. The van der Waals surface area contributed by atoms with Crippen molar-refractivity contribution < 1.29 is 14.6 Å². The monoisotopic (exact) mass is 276 g/mol. The van der Waals surface area contributed by atoms with Crippen molar-refractivity contribution in [1.29, 1.82) is 5.26 Å². The molecule has 0 aromatic heterocycles. The van der Waals surface area contributed by atoms with Crippen molar-refractivity contribution in [2.45, 2.75) is 31.4 Å². The third-order valence-electron chi connectivity index (χ3n) is 3.14. The zero-order valence-corrected chi connectivity index (χ0v) is 11.8. The molecular formula is C15H20N2O3. The number of rotatable bonds is 7. The molecule has 1 aliphatic rings. The third-order valence-corrected chi connectivity index (χ3v) is 3.14. The summed E-state index contributed by atoms with van der Waals surface area (Å²) in [6.45, 7) is 2.38. The molecule has 2 N–H and O–H groups in total. The Bertz CT molecular complexity index is 504. The normalized spacial score (nSPS) is 17.1. The fourth-order valence-electron chi connectivity index (χ4n) is 1.78. The third kappa shape index (κ3) is 4.41. The molecular weight excluding hydrogens is 256 g/mol. The molecule has 5 heteroatoms. The Morgan fingerprint density at radius 3 is 2.70 bits per heavy atom. The van der Waals surface area contributed by atoms with E-state index in [4.69, 9.17) is 14.7 Å². The number of nitrogens with zero attached hydrogens (tertiary/aromatic N) is 1. The van der Waals surface area contributed by atoms with Crippen LogP contribution in [0.5, 0.6) is 11.5 Å². The quantitative estimate of drug-likeness (QED) is 0.788. The lowest BCUT2D eigenvalue weighted by molar-refractivity contribution is 0.0119. The minimum atomic E-state index is -0.946. The number of hydrogen-bond donors (Lipinski definition) is 2. The van der Waals surface area contributed by atoms with Gasteiger partial charge in [-0.05, 0) is 31.9 Å². The molecule has 0 heterocycles. The molecule has 1 unspecified atom stereocenters. The molecule has 1 saturated carbocycles. The van der Waals surface area contributed by atoms with E-state index in [-0.39, 0.29) is 6.61 Å². The molecule has 0 saturated heterocycles. The van der Waals surface area contributed by atoms with E-state index >= 15 is 0 Å². The zero-order valence-electron chi connectivity index (χ0n) is 11.8. The van der Waals surface area contributed by atoms with Crippen molar-refractivity contribution in [1.82, 2.24) is 5.32 Å². The van der Waals surface area contributed by atoms with Crippen LogP contribution in [0.25, 0.3) is 0 Å². The smallest absolute Gasteiger partial charge is 0.124 e. The summed E-state index contributed by atoms with van der Waals surface area (Å²) in [5.74, 6) is 1.09. The molecule has 0 spiro atoms. The van der Waals surface area contributed by atoms with Gasteiger partial charge in [0.1, 0.15) is 23.7 Å². The van der Waals surface area contributed by atoms with Crippen LogP contribution in [-0.4, -0.2) is 37.0 Å². The molecule has 5 nitrogen and oxygen atoms in total. The second-order valence-electron chi connectivity index (χ2n) is 5.45. The van der Waals surface area contributed by atoms with E-state index in [1.807, 2.05) is 0 Å². The first-order valence-corrected chi connectivity index (χ1v) is 6.70. The lowest BCUT2D eigenvalue weighted by Gasteiger charge is -2.24. The molecule has 0 aliphatic heterocycles. The first-order chi connectivity index (χ1) is 9.52. The maximum Gasteiger partial charge on any atom is 0.124 e. The highest BCUT2D eigenvalue weighted by molar-refractivity contribution is 5.43. The zero-order chi connectivity index (χ0) is 14.6. The van der Waals surface area contributed by atoms with Crippen molar-refractivity contribution in [2.75, 3.05) is 20.3 Å². The Balaban J connectivity index is 1.93. The molecule has 1 aromatic carbocycles. The summed E-state index contributed by atoms with van der Waals surface area (Å²) in [4.78, 5) is 0. The summed E-state index contributed by atoms with van der Waals surface area (Å²) >= 11 is 0.